The van der Waals surface area contributed by atoms with E-state index in [9.17, 15) is 0 Å². The molecule has 13 heavy (non-hydrogen) atoms. The first-order valence-electron chi connectivity index (χ1n) is 3.57. The van der Waals surface area contributed by atoms with Crippen LogP contribution >= 0.6 is 15.9 Å². The van der Waals surface area contributed by atoms with Gasteiger partial charge in [0.25, 0.3) is 0 Å². The van der Waals surface area contributed by atoms with Gasteiger partial charge in [-0.1, -0.05) is 6.07 Å². The lowest BCUT2D eigenvalue weighted by molar-refractivity contribution is 0.727. The summed E-state index contributed by atoms with van der Waals surface area (Å²) in [5, 5.41) is 7.97. The molecule has 2 heterocycles. The minimum Gasteiger partial charge on any atom is -0.380 e. The molecule has 2 aromatic rings. The largest absolute Gasteiger partial charge is 0.380 e. The van der Waals surface area contributed by atoms with Gasteiger partial charge in [-0.05, 0) is 28.1 Å². The van der Waals surface area contributed by atoms with E-state index in [2.05, 4.69) is 31.1 Å². The molecule has 0 aromatic carbocycles. The second-order valence-corrected chi connectivity index (χ2v) is 3.10. The van der Waals surface area contributed by atoms with Crippen molar-refractivity contribution in [3.63, 3.8) is 0 Å². The van der Waals surface area contributed by atoms with E-state index >= 15 is 0 Å². The van der Waals surface area contributed by atoms with E-state index in [4.69, 9.17) is 5.73 Å². The summed E-state index contributed by atoms with van der Waals surface area (Å²) in [4.78, 5) is 5.44. The lowest BCUT2D eigenvalue weighted by Gasteiger charge is -1.94. The zero-order valence-corrected chi connectivity index (χ0v) is 8.14. The number of hydrogen-bond donors (Lipinski definition) is 1. The van der Waals surface area contributed by atoms with E-state index in [1.165, 1.54) is 4.80 Å². The van der Waals surface area contributed by atoms with Crippen LogP contribution in [0.4, 0.5) is 5.82 Å². The summed E-state index contributed by atoms with van der Waals surface area (Å²) >= 11 is 3.17. The number of hydrogen-bond acceptors (Lipinski definition) is 4. The number of nitrogen functional groups attached to an aromatic ring is 1. The Hall–Kier alpha value is -1.43. The van der Waals surface area contributed by atoms with Crippen molar-refractivity contribution in [2.24, 2.45) is 0 Å². The lowest BCUT2D eigenvalue weighted by Crippen LogP contribution is -2.01. The maximum absolute atomic E-state index is 5.51. The number of nitrogens with two attached hydrogens (primary N) is 1. The Morgan fingerprint density at radius 3 is 2.69 bits per heavy atom. The van der Waals surface area contributed by atoms with Crippen LogP contribution in [0.15, 0.2) is 29.0 Å². The van der Waals surface area contributed by atoms with Crippen LogP contribution in [0, 0.1) is 0 Å². The first kappa shape index (κ1) is 8.18. The van der Waals surface area contributed by atoms with Gasteiger partial charge in [0.05, 0.1) is 0 Å². The zero-order valence-electron chi connectivity index (χ0n) is 6.55. The molecular weight excluding hydrogens is 234 g/mol. The molecule has 0 aliphatic heterocycles. The lowest BCUT2D eigenvalue weighted by atomic mass is 10.5. The number of pyridine rings is 1. The fourth-order valence-electron chi connectivity index (χ4n) is 0.875. The minimum atomic E-state index is 0.352. The van der Waals surface area contributed by atoms with Gasteiger partial charge in [-0.3, -0.25) is 0 Å². The van der Waals surface area contributed by atoms with Crippen LogP contribution in [-0.4, -0.2) is 20.0 Å². The maximum Gasteiger partial charge on any atom is 0.181 e. The molecule has 0 saturated carbocycles. The highest BCUT2D eigenvalue weighted by Gasteiger charge is 2.05. The molecule has 6 heteroatoms. The van der Waals surface area contributed by atoms with Crippen LogP contribution < -0.4 is 5.73 Å². The zero-order chi connectivity index (χ0) is 9.26. The molecule has 0 amide bonds. The Balaban J connectivity index is 2.48. The van der Waals surface area contributed by atoms with Gasteiger partial charge in [-0.2, -0.15) is 0 Å². The Bertz CT molecular complexity index is 391. The molecule has 0 spiro atoms. The van der Waals surface area contributed by atoms with Crippen molar-refractivity contribution in [1.29, 1.82) is 0 Å². The standard InChI is InChI=1S/C7H6BrN5/c8-6-7(9)12-13(11-6)5-3-1-2-4-10-5/h1-4H,(H2,9,12). The van der Waals surface area contributed by atoms with Gasteiger partial charge in [-0.25, -0.2) is 4.98 Å². The van der Waals surface area contributed by atoms with E-state index < -0.39 is 0 Å². The fourth-order valence-corrected chi connectivity index (χ4v) is 1.10. The highest BCUT2D eigenvalue weighted by atomic mass is 79.9. The number of rotatable bonds is 1. The van der Waals surface area contributed by atoms with Crippen molar-refractivity contribution >= 4 is 21.7 Å². The van der Waals surface area contributed by atoms with E-state index in [0.717, 1.165) is 0 Å². The molecule has 2 aromatic heterocycles. The Morgan fingerprint density at radius 1 is 1.31 bits per heavy atom. The quantitative estimate of drug-likeness (QED) is 0.807. The number of nitrogens with zero attached hydrogens (tertiary/aromatic N) is 4. The van der Waals surface area contributed by atoms with Crippen molar-refractivity contribution < 1.29 is 0 Å². The summed E-state index contributed by atoms with van der Waals surface area (Å²) in [6.45, 7) is 0. The molecule has 0 bridgehead atoms. The van der Waals surface area contributed by atoms with E-state index in [1.54, 1.807) is 12.3 Å². The third-order valence-electron chi connectivity index (χ3n) is 1.45. The van der Waals surface area contributed by atoms with Crippen LogP contribution in [0.25, 0.3) is 5.82 Å². The van der Waals surface area contributed by atoms with E-state index in [-0.39, 0.29) is 0 Å². The molecule has 0 fully saturated rings. The third kappa shape index (κ3) is 1.52. The van der Waals surface area contributed by atoms with Gasteiger partial charge >= 0.3 is 0 Å². The molecule has 0 radical (unpaired) electrons. The second kappa shape index (κ2) is 3.14. The first-order chi connectivity index (χ1) is 6.27. The average molecular weight is 240 g/mol. The van der Waals surface area contributed by atoms with Crippen molar-refractivity contribution in [3.05, 3.63) is 29.0 Å². The van der Waals surface area contributed by atoms with E-state index in [0.29, 0.717) is 16.2 Å². The van der Waals surface area contributed by atoms with Gasteiger partial charge in [0.1, 0.15) is 0 Å². The summed E-state index contributed by atoms with van der Waals surface area (Å²) in [6, 6.07) is 5.48. The molecule has 2 rings (SSSR count). The molecule has 0 aliphatic rings. The maximum atomic E-state index is 5.51. The summed E-state index contributed by atoms with van der Waals surface area (Å²) < 4.78 is 0.526. The monoisotopic (exact) mass is 239 g/mol. The number of halogens is 1. The van der Waals surface area contributed by atoms with Gasteiger partial charge in [-0.15, -0.1) is 15.0 Å². The molecule has 0 unspecified atom stereocenters. The molecule has 0 saturated heterocycles. The third-order valence-corrected chi connectivity index (χ3v) is 2.02. The van der Waals surface area contributed by atoms with Crippen LogP contribution in [0.1, 0.15) is 0 Å². The highest BCUT2D eigenvalue weighted by molar-refractivity contribution is 9.10. The van der Waals surface area contributed by atoms with Gasteiger partial charge < -0.3 is 5.73 Å². The number of aromatic nitrogens is 4. The molecule has 0 aliphatic carbocycles. The fraction of sp³-hybridized carbons (Fsp3) is 0. The van der Waals surface area contributed by atoms with Crippen molar-refractivity contribution in [2.75, 3.05) is 5.73 Å². The molecule has 5 nitrogen and oxygen atoms in total. The second-order valence-electron chi connectivity index (χ2n) is 2.35. The summed E-state index contributed by atoms with van der Waals surface area (Å²) in [5.74, 6) is 0.991. The van der Waals surface area contributed by atoms with Crippen LogP contribution in [0.5, 0.6) is 0 Å². The first-order valence-corrected chi connectivity index (χ1v) is 4.36. The van der Waals surface area contributed by atoms with Crippen LogP contribution in [0.3, 0.4) is 0 Å². The van der Waals surface area contributed by atoms with Crippen molar-refractivity contribution in [2.45, 2.75) is 0 Å². The summed E-state index contributed by atoms with van der Waals surface area (Å²) in [5.41, 5.74) is 5.51. The highest BCUT2D eigenvalue weighted by Crippen LogP contribution is 2.13. The molecule has 66 valence electrons. The summed E-state index contributed by atoms with van der Waals surface area (Å²) in [6.07, 6.45) is 1.67. The van der Waals surface area contributed by atoms with Gasteiger partial charge in [0, 0.05) is 6.20 Å². The molecule has 2 N–H and O–H groups in total. The Morgan fingerprint density at radius 2 is 2.15 bits per heavy atom. The van der Waals surface area contributed by atoms with Gasteiger partial charge in [0.15, 0.2) is 16.2 Å². The SMILES string of the molecule is Nc1nn(-c2ccccn2)nc1Br. The van der Waals surface area contributed by atoms with E-state index in [1.807, 2.05) is 12.1 Å². The predicted molar refractivity (Wildman–Crippen MR) is 51.3 cm³/mol. The minimum absolute atomic E-state index is 0.352. The van der Waals surface area contributed by atoms with Gasteiger partial charge in [0.2, 0.25) is 0 Å². The predicted octanol–water partition coefficient (Wildman–Crippen LogP) is 1.01. The molecule has 0 atom stereocenters. The smallest absolute Gasteiger partial charge is 0.181 e. The van der Waals surface area contributed by atoms with Crippen LogP contribution in [0.2, 0.25) is 0 Å². The topological polar surface area (TPSA) is 69.6 Å². The normalized spacial score (nSPS) is 10.2. The summed E-state index contributed by atoms with van der Waals surface area (Å²) in [7, 11) is 0. The number of anilines is 1. The Kier molecular flexibility index (Phi) is 1.97. The Labute approximate surface area is 82.7 Å². The molecular formula is C7H6BrN5. The average Bonchev–Trinajstić information content (AvgIpc) is 2.49. The van der Waals surface area contributed by atoms with Crippen molar-refractivity contribution in [1.82, 2.24) is 20.0 Å². The van der Waals surface area contributed by atoms with Crippen LogP contribution in [-0.2, 0) is 0 Å². The van der Waals surface area contributed by atoms with Crippen molar-refractivity contribution in [3.8, 4) is 5.82 Å².